The number of hydrogen-bond acceptors (Lipinski definition) is 3. The Hall–Kier alpha value is -1.96. The summed E-state index contributed by atoms with van der Waals surface area (Å²) in [5.74, 6) is -0.248. The molecule has 0 bridgehead atoms. The Balaban J connectivity index is 1.66. The molecule has 0 spiro atoms. The average Bonchev–Trinajstić information content (AvgIpc) is 3.32. The SMILES string of the molecule is O=C1CCCN1CCCn1c(-c2ccc(Br)cc2)csc1=Nc1ccc(Cl)c(F)c1. The second kappa shape index (κ2) is 9.45. The molecule has 1 saturated heterocycles. The molecule has 4 rings (SSSR count). The highest BCUT2D eigenvalue weighted by atomic mass is 79.9. The lowest BCUT2D eigenvalue weighted by Crippen LogP contribution is -2.27. The van der Waals surface area contributed by atoms with Crippen LogP contribution in [0.4, 0.5) is 10.1 Å². The van der Waals surface area contributed by atoms with E-state index in [4.69, 9.17) is 11.6 Å². The molecule has 0 aliphatic carbocycles. The third-order valence-electron chi connectivity index (χ3n) is 5.05. The molecular weight excluding hydrogens is 489 g/mol. The molecule has 1 fully saturated rings. The molecule has 4 nitrogen and oxygen atoms in total. The molecule has 1 aromatic heterocycles. The van der Waals surface area contributed by atoms with Crippen molar-refractivity contribution in [3.63, 3.8) is 0 Å². The number of rotatable bonds is 6. The number of hydrogen-bond donors (Lipinski definition) is 0. The smallest absolute Gasteiger partial charge is 0.222 e. The Kier molecular flexibility index (Phi) is 6.71. The third kappa shape index (κ3) is 4.85. The van der Waals surface area contributed by atoms with Gasteiger partial charge in [-0.25, -0.2) is 9.38 Å². The molecule has 0 unspecified atom stereocenters. The second-order valence-electron chi connectivity index (χ2n) is 7.11. The van der Waals surface area contributed by atoms with Crippen molar-refractivity contribution in [2.24, 2.45) is 4.99 Å². The summed E-state index contributed by atoms with van der Waals surface area (Å²) in [6, 6.07) is 12.7. The Morgan fingerprint density at radius 2 is 1.97 bits per heavy atom. The van der Waals surface area contributed by atoms with Gasteiger partial charge in [0.1, 0.15) is 5.82 Å². The maximum atomic E-state index is 13.9. The van der Waals surface area contributed by atoms with Crippen molar-refractivity contribution in [2.75, 3.05) is 13.1 Å². The third-order valence-corrected chi connectivity index (χ3v) is 6.75. The standard InChI is InChI=1S/C22H20BrClFN3OS/c23-16-6-4-15(5-7-16)20-14-30-22(26-17-8-9-18(24)19(25)13-17)28(20)12-2-11-27-10-1-3-21(27)29/h4-9,13-14H,1-3,10-12H2. The van der Waals surface area contributed by atoms with Crippen LogP contribution in [-0.2, 0) is 11.3 Å². The lowest BCUT2D eigenvalue weighted by atomic mass is 10.2. The first-order valence-corrected chi connectivity index (χ1v) is 11.8. The van der Waals surface area contributed by atoms with Gasteiger partial charge >= 0.3 is 0 Å². The number of nitrogens with zero attached hydrogens (tertiary/aromatic N) is 3. The van der Waals surface area contributed by atoms with E-state index in [1.807, 2.05) is 17.0 Å². The largest absolute Gasteiger partial charge is 0.343 e. The van der Waals surface area contributed by atoms with Crippen molar-refractivity contribution >= 4 is 50.5 Å². The van der Waals surface area contributed by atoms with Crippen LogP contribution in [0.5, 0.6) is 0 Å². The molecule has 1 aliphatic heterocycles. The van der Waals surface area contributed by atoms with Crippen molar-refractivity contribution in [2.45, 2.75) is 25.8 Å². The molecule has 1 amide bonds. The zero-order chi connectivity index (χ0) is 21.1. The van der Waals surface area contributed by atoms with E-state index in [-0.39, 0.29) is 10.9 Å². The van der Waals surface area contributed by atoms with Crippen LogP contribution < -0.4 is 4.80 Å². The number of likely N-dealkylation sites (tertiary alicyclic amines) is 1. The van der Waals surface area contributed by atoms with Crippen LogP contribution in [0, 0.1) is 5.82 Å². The summed E-state index contributed by atoms with van der Waals surface area (Å²) in [4.78, 5) is 19.3. The van der Waals surface area contributed by atoms with Gasteiger partial charge in [0.25, 0.3) is 0 Å². The molecule has 1 aliphatic rings. The molecular formula is C22H20BrClFN3OS. The van der Waals surface area contributed by atoms with Gasteiger partial charge < -0.3 is 9.47 Å². The van der Waals surface area contributed by atoms with Gasteiger partial charge in [0.2, 0.25) is 5.91 Å². The number of benzene rings is 2. The summed E-state index contributed by atoms with van der Waals surface area (Å²) in [6.45, 7) is 2.29. The minimum absolute atomic E-state index is 0.0823. The van der Waals surface area contributed by atoms with Crippen LogP contribution in [0.15, 0.2) is 57.3 Å². The molecule has 30 heavy (non-hydrogen) atoms. The van der Waals surface area contributed by atoms with Crippen LogP contribution in [-0.4, -0.2) is 28.5 Å². The van der Waals surface area contributed by atoms with Crippen LogP contribution in [0.25, 0.3) is 11.3 Å². The fraction of sp³-hybridized carbons (Fsp3) is 0.273. The minimum atomic E-state index is -0.485. The first-order valence-electron chi connectivity index (χ1n) is 9.73. The van der Waals surface area contributed by atoms with Gasteiger partial charge in [-0.1, -0.05) is 39.7 Å². The highest BCUT2D eigenvalue weighted by Gasteiger charge is 2.19. The summed E-state index contributed by atoms with van der Waals surface area (Å²) in [7, 11) is 0. The Morgan fingerprint density at radius 3 is 2.67 bits per heavy atom. The molecule has 0 N–H and O–H groups in total. The van der Waals surface area contributed by atoms with Gasteiger partial charge in [0.15, 0.2) is 4.80 Å². The van der Waals surface area contributed by atoms with Crippen molar-refractivity contribution in [3.05, 3.63) is 68.0 Å². The van der Waals surface area contributed by atoms with E-state index in [1.165, 1.54) is 23.5 Å². The molecule has 0 saturated carbocycles. The Bertz CT molecular complexity index is 1130. The monoisotopic (exact) mass is 507 g/mol. The summed E-state index contributed by atoms with van der Waals surface area (Å²) in [6.07, 6.45) is 2.42. The molecule has 2 heterocycles. The number of amides is 1. The van der Waals surface area contributed by atoms with Crippen molar-refractivity contribution in [1.29, 1.82) is 0 Å². The number of carbonyl (C=O) groups excluding carboxylic acids is 1. The average molecular weight is 509 g/mol. The highest BCUT2D eigenvalue weighted by molar-refractivity contribution is 9.10. The molecule has 8 heteroatoms. The minimum Gasteiger partial charge on any atom is -0.343 e. The van der Waals surface area contributed by atoms with Gasteiger partial charge in [-0.05, 0) is 42.7 Å². The summed E-state index contributed by atoms with van der Waals surface area (Å²) < 4.78 is 17.0. The maximum absolute atomic E-state index is 13.9. The van der Waals surface area contributed by atoms with E-state index in [9.17, 15) is 9.18 Å². The zero-order valence-electron chi connectivity index (χ0n) is 16.2. The van der Waals surface area contributed by atoms with Gasteiger partial charge in [0, 0.05) is 42.0 Å². The van der Waals surface area contributed by atoms with Crippen LogP contribution in [0.3, 0.4) is 0 Å². The second-order valence-corrected chi connectivity index (χ2v) is 9.27. The maximum Gasteiger partial charge on any atom is 0.222 e. The topological polar surface area (TPSA) is 37.6 Å². The van der Waals surface area contributed by atoms with Gasteiger partial charge in [0.05, 0.1) is 16.4 Å². The number of aromatic nitrogens is 1. The fourth-order valence-electron chi connectivity index (χ4n) is 3.51. The van der Waals surface area contributed by atoms with Crippen molar-refractivity contribution < 1.29 is 9.18 Å². The highest BCUT2D eigenvalue weighted by Crippen LogP contribution is 2.24. The van der Waals surface area contributed by atoms with Crippen LogP contribution in [0.1, 0.15) is 19.3 Å². The van der Waals surface area contributed by atoms with E-state index < -0.39 is 5.82 Å². The van der Waals surface area contributed by atoms with E-state index in [0.29, 0.717) is 18.7 Å². The zero-order valence-corrected chi connectivity index (χ0v) is 19.3. The van der Waals surface area contributed by atoms with Crippen LogP contribution in [0.2, 0.25) is 5.02 Å². The molecule has 0 atom stereocenters. The van der Waals surface area contributed by atoms with E-state index in [0.717, 1.165) is 46.5 Å². The van der Waals surface area contributed by atoms with Crippen molar-refractivity contribution in [3.8, 4) is 11.3 Å². The number of thiazole rings is 1. The lowest BCUT2D eigenvalue weighted by molar-refractivity contribution is -0.127. The summed E-state index contributed by atoms with van der Waals surface area (Å²) >= 11 is 10.8. The Labute approximate surface area is 191 Å². The van der Waals surface area contributed by atoms with Gasteiger partial charge in [-0.15, -0.1) is 11.3 Å². The first kappa shape index (κ1) is 21.3. The molecule has 156 valence electrons. The lowest BCUT2D eigenvalue weighted by Gasteiger charge is -2.16. The predicted octanol–water partition coefficient (Wildman–Crippen LogP) is 6.02. The molecule has 0 radical (unpaired) electrons. The summed E-state index contributed by atoms with van der Waals surface area (Å²) in [5.41, 5.74) is 2.65. The van der Waals surface area contributed by atoms with E-state index in [2.05, 4.69) is 43.0 Å². The normalized spacial score (nSPS) is 14.7. The van der Waals surface area contributed by atoms with Crippen LogP contribution >= 0.6 is 38.9 Å². The Morgan fingerprint density at radius 1 is 1.17 bits per heavy atom. The summed E-state index contributed by atoms with van der Waals surface area (Å²) in [5, 5.41) is 2.15. The fourth-order valence-corrected chi connectivity index (χ4v) is 4.85. The van der Waals surface area contributed by atoms with Crippen molar-refractivity contribution in [1.82, 2.24) is 9.47 Å². The van der Waals surface area contributed by atoms with Gasteiger partial charge in [-0.3, -0.25) is 4.79 Å². The van der Waals surface area contributed by atoms with Gasteiger partial charge in [-0.2, -0.15) is 0 Å². The molecule has 2 aromatic carbocycles. The molecule has 3 aromatic rings. The van der Waals surface area contributed by atoms with E-state index >= 15 is 0 Å². The number of halogens is 3. The first-order chi connectivity index (χ1) is 14.5. The number of carbonyl (C=O) groups is 1. The predicted molar refractivity (Wildman–Crippen MR) is 123 cm³/mol. The van der Waals surface area contributed by atoms with E-state index in [1.54, 1.807) is 6.07 Å². The quantitative estimate of drug-likeness (QED) is 0.401.